The van der Waals surface area contributed by atoms with E-state index in [4.69, 9.17) is 4.74 Å². The van der Waals surface area contributed by atoms with Crippen LogP contribution in [-0.2, 0) is 15.6 Å². The maximum atomic E-state index is 12.0. The van der Waals surface area contributed by atoms with Gasteiger partial charge >= 0.3 is 0 Å². The van der Waals surface area contributed by atoms with E-state index in [9.17, 15) is 8.42 Å². The molecule has 0 aliphatic carbocycles. The Hall–Kier alpha value is -1.03. The van der Waals surface area contributed by atoms with Gasteiger partial charge < -0.3 is 4.74 Å². The fraction of sp³-hybridized carbons (Fsp3) is 0.625. The normalized spacial score (nSPS) is 11.5. The van der Waals surface area contributed by atoms with Gasteiger partial charge in [0, 0.05) is 0 Å². The van der Waals surface area contributed by atoms with Gasteiger partial charge in [-0.15, -0.1) is 0 Å². The van der Waals surface area contributed by atoms with Crippen molar-refractivity contribution in [2.75, 3.05) is 12.9 Å². The van der Waals surface area contributed by atoms with Crippen molar-refractivity contribution < 1.29 is 13.2 Å². The molecule has 1 aromatic carbocycles. The second-order valence-corrected chi connectivity index (χ2v) is 7.39. The number of methoxy groups -OCH3 is 1. The zero-order valence-electron chi connectivity index (χ0n) is 12.6. The second-order valence-electron chi connectivity index (χ2n) is 5.21. The van der Waals surface area contributed by atoms with Crippen molar-refractivity contribution in [3.05, 3.63) is 29.8 Å². The summed E-state index contributed by atoms with van der Waals surface area (Å²) in [7, 11) is -1.39. The highest BCUT2D eigenvalue weighted by Crippen LogP contribution is 2.15. The lowest BCUT2D eigenvalue weighted by atomic mass is 10.1. The maximum absolute atomic E-state index is 12.0. The monoisotopic (exact) mass is 298 g/mol. The number of unbranched alkanes of at least 4 members (excludes halogenated alkanes) is 5. The molecule has 4 heteroatoms. The molecule has 0 spiro atoms. The minimum Gasteiger partial charge on any atom is -0.497 e. The first-order chi connectivity index (χ1) is 9.57. The van der Waals surface area contributed by atoms with Gasteiger partial charge in [0.25, 0.3) is 0 Å². The third-order valence-electron chi connectivity index (χ3n) is 3.35. The van der Waals surface area contributed by atoms with E-state index in [-0.39, 0.29) is 5.75 Å². The number of hydrogen-bond donors (Lipinski definition) is 0. The molecule has 0 atom stereocenters. The fourth-order valence-corrected chi connectivity index (χ4v) is 3.64. The fourth-order valence-electron chi connectivity index (χ4n) is 2.15. The third kappa shape index (κ3) is 6.94. The minimum absolute atomic E-state index is 0.131. The van der Waals surface area contributed by atoms with Crippen molar-refractivity contribution in [1.82, 2.24) is 0 Å². The Morgan fingerprint density at radius 3 is 2.15 bits per heavy atom. The van der Waals surface area contributed by atoms with Crippen LogP contribution in [0.2, 0.25) is 0 Å². The summed E-state index contributed by atoms with van der Waals surface area (Å²) < 4.78 is 29.1. The number of ether oxygens (including phenoxy) is 1. The lowest BCUT2D eigenvalue weighted by molar-refractivity contribution is 0.414. The average Bonchev–Trinajstić information content (AvgIpc) is 2.43. The molecule has 1 rings (SSSR count). The molecule has 1 aromatic rings. The lowest BCUT2D eigenvalue weighted by Crippen LogP contribution is -2.09. The highest BCUT2D eigenvalue weighted by Gasteiger charge is 2.11. The second kappa shape index (κ2) is 9.01. The molecular formula is C16H26O3S. The summed E-state index contributed by atoms with van der Waals surface area (Å²) in [4.78, 5) is 0. The quantitative estimate of drug-likeness (QED) is 0.614. The molecule has 0 fully saturated rings. The first kappa shape index (κ1) is 17.0. The highest BCUT2D eigenvalue weighted by molar-refractivity contribution is 7.90. The molecule has 114 valence electrons. The van der Waals surface area contributed by atoms with Gasteiger partial charge in [-0.2, -0.15) is 0 Å². The Labute approximate surface area is 123 Å². The van der Waals surface area contributed by atoms with Crippen molar-refractivity contribution in [3.8, 4) is 5.75 Å². The van der Waals surface area contributed by atoms with E-state index in [2.05, 4.69) is 6.92 Å². The molecule has 0 aliphatic rings. The summed E-state index contributed by atoms with van der Waals surface area (Å²) >= 11 is 0. The molecule has 3 nitrogen and oxygen atoms in total. The largest absolute Gasteiger partial charge is 0.497 e. The van der Waals surface area contributed by atoms with Crippen molar-refractivity contribution in [1.29, 1.82) is 0 Å². The Bertz CT molecular complexity index is 463. The van der Waals surface area contributed by atoms with Gasteiger partial charge in [0.1, 0.15) is 5.75 Å². The van der Waals surface area contributed by atoms with E-state index in [0.29, 0.717) is 5.75 Å². The molecule has 0 unspecified atom stereocenters. The van der Waals surface area contributed by atoms with Crippen LogP contribution in [0.4, 0.5) is 0 Å². The maximum Gasteiger partial charge on any atom is 0.154 e. The van der Waals surface area contributed by atoms with Crippen LogP contribution >= 0.6 is 0 Å². The summed E-state index contributed by atoms with van der Waals surface area (Å²) in [6.45, 7) is 2.18. The van der Waals surface area contributed by atoms with E-state index in [1.54, 1.807) is 19.2 Å². The summed E-state index contributed by atoms with van der Waals surface area (Å²) in [6, 6.07) is 7.24. The number of hydrogen-bond acceptors (Lipinski definition) is 3. The first-order valence-corrected chi connectivity index (χ1v) is 9.23. The Kier molecular flexibility index (Phi) is 7.67. The van der Waals surface area contributed by atoms with Crippen LogP contribution < -0.4 is 4.74 Å². The number of sulfone groups is 1. The molecular weight excluding hydrogens is 272 g/mol. The van der Waals surface area contributed by atoms with Crippen LogP contribution in [0.25, 0.3) is 0 Å². The summed E-state index contributed by atoms with van der Waals surface area (Å²) in [6.07, 6.45) is 6.62. The molecule has 0 N–H and O–H groups in total. The Morgan fingerprint density at radius 1 is 0.950 bits per heavy atom. The molecule has 0 bridgehead atoms. The van der Waals surface area contributed by atoms with Gasteiger partial charge in [-0.05, 0) is 24.1 Å². The molecule has 0 amide bonds. The van der Waals surface area contributed by atoms with Gasteiger partial charge in [-0.1, -0.05) is 51.2 Å². The molecule has 0 radical (unpaired) electrons. The van der Waals surface area contributed by atoms with E-state index < -0.39 is 9.84 Å². The van der Waals surface area contributed by atoms with Crippen LogP contribution in [-0.4, -0.2) is 21.3 Å². The molecule has 0 saturated heterocycles. The van der Waals surface area contributed by atoms with Crippen LogP contribution in [0.15, 0.2) is 24.3 Å². The summed E-state index contributed by atoms with van der Waals surface area (Å²) in [5, 5.41) is 0. The molecule has 20 heavy (non-hydrogen) atoms. The SMILES string of the molecule is CCCCCCCCS(=O)(=O)Cc1ccc(OC)cc1. The van der Waals surface area contributed by atoms with Gasteiger partial charge in [-0.25, -0.2) is 8.42 Å². The molecule has 0 heterocycles. The number of benzene rings is 1. The predicted octanol–water partition coefficient (Wildman–Crippen LogP) is 3.97. The average molecular weight is 298 g/mol. The van der Waals surface area contributed by atoms with E-state index >= 15 is 0 Å². The number of rotatable bonds is 10. The van der Waals surface area contributed by atoms with Crippen molar-refractivity contribution in [2.45, 2.75) is 51.2 Å². The van der Waals surface area contributed by atoms with Crippen molar-refractivity contribution in [2.24, 2.45) is 0 Å². The lowest BCUT2D eigenvalue weighted by Gasteiger charge is -2.06. The highest BCUT2D eigenvalue weighted by atomic mass is 32.2. The summed E-state index contributed by atoms with van der Waals surface area (Å²) in [5.41, 5.74) is 0.830. The van der Waals surface area contributed by atoms with Crippen molar-refractivity contribution in [3.63, 3.8) is 0 Å². The van der Waals surface area contributed by atoms with Crippen LogP contribution in [0.3, 0.4) is 0 Å². The molecule has 0 aromatic heterocycles. The minimum atomic E-state index is -2.99. The third-order valence-corrected chi connectivity index (χ3v) is 5.04. The first-order valence-electron chi connectivity index (χ1n) is 7.41. The van der Waals surface area contributed by atoms with E-state index in [0.717, 1.165) is 30.6 Å². The molecule has 0 saturated carbocycles. The van der Waals surface area contributed by atoms with Crippen LogP contribution in [0, 0.1) is 0 Å². The van der Waals surface area contributed by atoms with Crippen LogP contribution in [0.5, 0.6) is 5.75 Å². The molecule has 0 aliphatic heterocycles. The van der Waals surface area contributed by atoms with Gasteiger partial charge in [-0.3, -0.25) is 0 Å². The van der Waals surface area contributed by atoms with Gasteiger partial charge in [0.05, 0.1) is 18.6 Å². The Balaban J connectivity index is 2.33. The van der Waals surface area contributed by atoms with Crippen LogP contribution in [0.1, 0.15) is 51.0 Å². The standard InChI is InChI=1S/C16H26O3S/c1-3-4-5-6-7-8-13-20(17,18)14-15-9-11-16(19-2)12-10-15/h9-12H,3-8,13-14H2,1-2H3. The smallest absolute Gasteiger partial charge is 0.154 e. The van der Waals surface area contributed by atoms with E-state index in [1.165, 1.54) is 19.3 Å². The Morgan fingerprint density at radius 2 is 1.55 bits per heavy atom. The predicted molar refractivity (Wildman–Crippen MR) is 83.9 cm³/mol. The topological polar surface area (TPSA) is 43.4 Å². The van der Waals surface area contributed by atoms with E-state index in [1.807, 2.05) is 12.1 Å². The zero-order valence-corrected chi connectivity index (χ0v) is 13.4. The summed E-state index contributed by atoms with van der Waals surface area (Å²) in [5.74, 6) is 1.18. The van der Waals surface area contributed by atoms with Gasteiger partial charge in [0.15, 0.2) is 9.84 Å². The van der Waals surface area contributed by atoms with Gasteiger partial charge in [0.2, 0.25) is 0 Å². The zero-order chi connectivity index (χ0) is 14.8. The van der Waals surface area contributed by atoms with Crippen molar-refractivity contribution >= 4 is 9.84 Å².